The van der Waals surface area contributed by atoms with Gasteiger partial charge in [-0.3, -0.25) is 4.79 Å². The Hall–Kier alpha value is -2.33. The van der Waals surface area contributed by atoms with Gasteiger partial charge < -0.3 is 10.2 Å². The van der Waals surface area contributed by atoms with Gasteiger partial charge in [-0.05, 0) is 30.7 Å². The monoisotopic (exact) mass is 302 g/mol. The van der Waals surface area contributed by atoms with Crippen LogP contribution in [0.15, 0.2) is 59.8 Å². The first-order valence-corrected chi connectivity index (χ1v) is 6.83. The summed E-state index contributed by atoms with van der Waals surface area (Å²) in [5.74, 6) is -0.289. The van der Waals surface area contributed by atoms with Crippen molar-refractivity contribution in [1.29, 1.82) is 0 Å². The van der Waals surface area contributed by atoms with Crippen molar-refractivity contribution in [3.05, 3.63) is 65.2 Å². The number of carbonyl (C=O) groups excluding carboxylic acids is 1. The number of halogens is 1. The Morgan fingerprint density at radius 3 is 2.71 bits per heavy atom. The molecule has 0 heterocycles. The van der Waals surface area contributed by atoms with Gasteiger partial charge >= 0.3 is 0 Å². The Morgan fingerprint density at radius 1 is 1.24 bits per heavy atom. The highest BCUT2D eigenvalue weighted by Gasteiger charge is 2.14. The molecule has 2 rings (SSSR count). The quantitative estimate of drug-likeness (QED) is 0.676. The van der Waals surface area contributed by atoms with E-state index in [1.807, 2.05) is 30.3 Å². The summed E-state index contributed by atoms with van der Waals surface area (Å²) >= 11 is 5.85. The van der Waals surface area contributed by atoms with Crippen LogP contribution in [0.5, 0.6) is 0 Å². The molecular weight excluding hydrogens is 288 g/mol. The molecular formula is C16H15ClN2O2. The molecule has 21 heavy (non-hydrogen) atoms. The van der Waals surface area contributed by atoms with E-state index in [0.717, 1.165) is 5.56 Å². The van der Waals surface area contributed by atoms with Crippen molar-refractivity contribution < 1.29 is 9.63 Å². The van der Waals surface area contributed by atoms with E-state index >= 15 is 0 Å². The number of oxime groups is 1. The van der Waals surface area contributed by atoms with Gasteiger partial charge in [0.05, 0.1) is 6.21 Å². The molecule has 0 fully saturated rings. The molecule has 108 valence electrons. The molecule has 1 atom stereocenters. The number of hydrogen-bond acceptors (Lipinski definition) is 3. The number of nitrogens with one attached hydrogen (secondary N) is 1. The number of anilines is 1. The van der Waals surface area contributed by atoms with E-state index < -0.39 is 6.10 Å². The maximum atomic E-state index is 11.9. The number of benzene rings is 2. The third-order valence-corrected chi connectivity index (χ3v) is 2.92. The molecule has 0 saturated carbocycles. The largest absolute Gasteiger partial charge is 0.383 e. The molecule has 0 bridgehead atoms. The van der Waals surface area contributed by atoms with Gasteiger partial charge in [-0.15, -0.1) is 0 Å². The lowest BCUT2D eigenvalue weighted by Gasteiger charge is -2.10. The lowest BCUT2D eigenvalue weighted by molar-refractivity contribution is -0.126. The number of hydrogen-bond donors (Lipinski definition) is 1. The van der Waals surface area contributed by atoms with Gasteiger partial charge in [0, 0.05) is 10.7 Å². The Balaban J connectivity index is 1.87. The molecule has 4 nitrogen and oxygen atoms in total. The highest BCUT2D eigenvalue weighted by molar-refractivity contribution is 6.30. The zero-order valence-corrected chi connectivity index (χ0v) is 12.2. The summed E-state index contributed by atoms with van der Waals surface area (Å²) in [5.41, 5.74) is 1.52. The smallest absolute Gasteiger partial charge is 0.267 e. The van der Waals surface area contributed by atoms with E-state index in [9.17, 15) is 4.79 Å². The summed E-state index contributed by atoms with van der Waals surface area (Å²) in [6, 6.07) is 16.4. The second kappa shape index (κ2) is 7.45. The molecule has 0 aliphatic heterocycles. The van der Waals surface area contributed by atoms with Crippen LogP contribution in [0.25, 0.3) is 0 Å². The Labute approximate surface area is 128 Å². The zero-order valence-electron chi connectivity index (χ0n) is 11.5. The second-order valence-electron chi connectivity index (χ2n) is 4.39. The summed E-state index contributed by atoms with van der Waals surface area (Å²) in [6.07, 6.45) is 0.854. The van der Waals surface area contributed by atoms with E-state index in [4.69, 9.17) is 16.4 Å². The third kappa shape index (κ3) is 4.93. The highest BCUT2D eigenvalue weighted by Crippen LogP contribution is 2.15. The molecule has 0 aliphatic carbocycles. The van der Waals surface area contributed by atoms with Gasteiger partial charge in [-0.1, -0.05) is 53.2 Å². The van der Waals surface area contributed by atoms with Gasteiger partial charge in [0.1, 0.15) is 0 Å². The maximum absolute atomic E-state index is 11.9. The van der Waals surface area contributed by atoms with Crippen LogP contribution in [-0.2, 0) is 9.63 Å². The average molecular weight is 303 g/mol. The number of nitrogens with zero attached hydrogens (tertiary/aromatic N) is 1. The van der Waals surface area contributed by atoms with Gasteiger partial charge in [0.25, 0.3) is 5.91 Å². The van der Waals surface area contributed by atoms with Crippen LogP contribution in [0, 0.1) is 0 Å². The number of carbonyl (C=O) groups is 1. The van der Waals surface area contributed by atoms with E-state index in [1.54, 1.807) is 37.4 Å². The minimum atomic E-state index is -0.705. The van der Waals surface area contributed by atoms with Crippen molar-refractivity contribution in [2.75, 3.05) is 5.32 Å². The maximum Gasteiger partial charge on any atom is 0.267 e. The summed E-state index contributed by atoms with van der Waals surface area (Å²) < 4.78 is 0. The van der Waals surface area contributed by atoms with Gasteiger partial charge in [-0.2, -0.15) is 0 Å². The van der Waals surface area contributed by atoms with Crippen LogP contribution in [0.1, 0.15) is 12.5 Å². The predicted octanol–water partition coefficient (Wildman–Crippen LogP) is 3.72. The Morgan fingerprint density at radius 2 is 2.00 bits per heavy atom. The third-order valence-electron chi connectivity index (χ3n) is 2.68. The highest BCUT2D eigenvalue weighted by atomic mass is 35.5. The first-order chi connectivity index (χ1) is 10.1. The molecule has 0 aromatic heterocycles. The van der Waals surface area contributed by atoms with Crippen LogP contribution >= 0.6 is 11.6 Å². The van der Waals surface area contributed by atoms with Crippen molar-refractivity contribution in [3.8, 4) is 0 Å². The second-order valence-corrected chi connectivity index (χ2v) is 4.83. The normalized spacial score (nSPS) is 12.1. The molecule has 1 amide bonds. The van der Waals surface area contributed by atoms with E-state index in [2.05, 4.69) is 10.5 Å². The average Bonchev–Trinajstić information content (AvgIpc) is 2.48. The summed E-state index contributed by atoms with van der Waals surface area (Å²) in [6.45, 7) is 1.63. The topological polar surface area (TPSA) is 50.7 Å². The minimum absolute atomic E-state index is 0.289. The van der Waals surface area contributed by atoms with Crippen molar-refractivity contribution in [1.82, 2.24) is 0 Å². The molecule has 0 unspecified atom stereocenters. The van der Waals surface area contributed by atoms with Crippen molar-refractivity contribution in [2.24, 2.45) is 5.16 Å². The molecule has 2 aromatic rings. The standard InChI is InChI=1S/C16H15ClN2O2/c1-12(21-18-11-13-6-3-2-4-7-13)16(20)19-15-9-5-8-14(17)10-15/h2-12H,1H3,(H,19,20)/b18-11-/t12-/m1/s1. The molecule has 0 saturated heterocycles. The molecule has 0 aliphatic rings. The van der Waals surface area contributed by atoms with Crippen LogP contribution in [0.4, 0.5) is 5.69 Å². The fraction of sp³-hybridized carbons (Fsp3) is 0.125. The summed E-state index contributed by atoms with van der Waals surface area (Å²) in [7, 11) is 0. The zero-order chi connectivity index (χ0) is 15.1. The van der Waals surface area contributed by atoms with Crippen molar-refractivity contribution >= 4 is 29.4 Å². The molecule has 2 aromatic carbocycles. The Kier molecular flexibility index (Phi) is 5.35. The van der Waals surface area contributed by atoms with E-state index in [0.29, 0.717) is 10.7 Å². The van der Waals surface area contributed by atoms with E-state index in [-0.39, 0.29) is 5.91 Å². The van der Waals surface area contributed by atoms with E-state index in [1.165, 1.54) is 0 Å². The fourth-order valence-corrected chi connectivity index (χ4v) is 1.77. The van der Waals surface area contributed by atoms with Crippen LogP contribution in [-0.4, -0.2) is 18.2 Å². The van der Waals surface area contributed by atoms with Crippen LogP contribution < -0.4 is 5.32 Å². The van der Waals surface area contributed by atoms with Crippen molar-refractivity contribution in [3.63, 3.8) is 0 Å². The molecule has 0 spiro atoms. The Bertz CT molecular complexity index is 629. The minimum Gasteiger partial charge on any atom is -0.383 e. The first kappa shape index (κ1) is 15.1. The number of amides is 1. The predicted molar refractivity (Wildman–Crippen MR) is 84.7 cm³/mol. The lowest BCUT2D eigenvalue weighted by Crippen LogP contribution is -2.26. The SMILES string of the molecule is C[C@@H](O/N=C\c1ccccc1)C(=O)Nc1cccc(Cl)c1. The summed E-state index contributed by atoms with van der Waals surface area (Å²) in [4.78, 5) is 17.0. The van der Waals surface area contributed by atoms with Crippen molar-refractivity contribution in [2.45, 2.75) is 13.0 Å². The van der Waals surface area contributed by atoms with Gasteiger partial charge in [0.15, 0.2) is 0 Å². The van der Waals surface area contributed by atoms with Crippen LogP contribution in [0.3, 0.4) is 0 Å². The van der Waals surface area contributed by atoms with Gasteiger partial charge in [0.2, 0.25) is 6.10 Å². The number of rotatable bonds is 5. The first-order valence-electron chi connectivity index (χ1n) is 6.46. The molecule has 5 heteroatoms. The van der Waals surface area contributed by atoms with Crippen LogP contribution in [0.2, 0.25) is 5.02 Å². The summed E-state index contributed by atoms with van der Waals surface area (Å²) in [5, 5.41) is 7.08. The molecule has 0 radical (unpaired) electrons. The van der Waals surface area contributed by atoms with Gasteiger partial charge in [-0.25, -0.2) is 0 Å². The lowest BCUT2D eigenvalue weighted by atomic mass is 10.2. The fourth-order valence-electron chi connectivity index (χ4n) is 1.58. The molecule has 1 N–H and O–H groups in total.